The van der Waals surface area contributed by atoms with Gasteiger partial charge in [0.2, 0.25) is 0 Å². The summed E-state index contributed by atoms with van der Waals surface area (Å²) in [5.74, 6) is 0.511. The number of hydrogen-bond acceptors (Lipinski definition) is 11. The molecule has 1 aliphatic rings. The van der Waals surface area contributed by atoms with Gasteiger partial charge in [-0.05, 0) is 57.9 Å². The number of benzene rings is 2. The lowest BCUT2D eigenvalue weighted by molar-refractivity contribution is -0.145. The van der Waals surface area contributed by atoms with E-state index in [2.05, 4.69) is 40.3 Å². The zero-order chi connectivity index (χ0) is 32.0. The van der Waals surface area contributed by atoms with Crippen molar-refractivity contribution in [2.24, 2.45) is 0 Å². The van der Waals surface area contributed by atoms with E-state index in [9.17, 15) is 10.1 Å². The summed E-state index contributed by atoms with van der Waals surface area (Å²) >= 11 is 0. The van der Waals surface area contributed by atoms with E-state index >= 15 is 0 Å². The lowest BCUT2D eigenvalue weighted by atomic mass is 9.98. The molecule has 2 aromatic heterocycles. The van der Waals surface area contributed by atoms with Crippen LogP contribution in [0.5, 0.6) is 5.75 Å². The summed E-state index contributed by atoms with van der Waals surface area (Å²) in [6.45, 7) is 5.74. The number of hydrogen-bond donors (Lipinski definition) is 3. The van der Waals surface area contributed by atoms with Gasteiger partial charge in [-0.2, -0.15) is 10.4 Å². The number of aliphatic hydroxyl groups is 1. The predicted molar refractivity (Wildman–Crippen MR) is 167 cm³/mol. The molecule has 0 bridgehead atoms. The summed E-state index contributed by atoms with van der Waals surface area (Å²) in [6.07, 6.45) is 1.80. The molecule has 4 N–H and O–H groups in total. The minimum atomic E-state index is -1.68. The van der Waals surface area contributed by atoms with Gasteiger partial charge in [-0.15, -0.1) is 0 Å². The number of aromatic nitrogens is 3. The molecule has 1 aliphatic heterocycles. The summed E-state index contributed by atoms with van der Waals surface area (Å²) in [7, 11) is -0.679. The van der Waals surface area contributed by atoms with Crippen LogP contribution in [0.4, 0.5) is 5.82 Å². The van der Waals surface area contributed by atoms with Crippen LogP contribution in [0, 0.1) is 18.3 Å². The van der Waals surface area contributed by atoms with Crippen LogP contribution in [0.1, 0.15) is 37.9 Å². The van der Waals surface area contributed by atoms with Crippen LogP contribution in [0.15, 0.2) is 79.1 Å². The third-order valence-corrected chi connectivity index (χ3v) is 7.41. The fourth-order valence-corrected chi connectivity index (χ4v) is 5.35. The van der Waals surface area contributed by atoms with Crippen LogP contribution in [-0.2, 0) is 24.4 Å². The number of nitrogens with two attached hydrogens (primary N) is 1. The van der Waals surface area contributed by atoms with Crippen molar-refractivity contribution in [2.45, 2.75) is 51.4 Å². The van der Waals surface area contributed by atoms with Crippen LogP contribution >= 0.6 is 8.53 Å². The lowest BCUT2D eigenvalue weighted by Gasteiger charge is -2.23. The minimum absolute atomic E-state index is 0.0678. The van der Waals surface area contributed by atoms with Crippen LogP contribution in [0.3, 0.4) is 0 Å². The molecule has 0 radical (unpaired) electrons. The molecule has 3 atom stereocenters. The van der Waals surface area contributed by atoms with Crippen molar-refractivity contribution < 1.29 is 28.4 Å². The summed E-state index contributed by atoms with van der Waals surface area (Å²) in [5.41, 5.74) is 7.26. The maximum absolute atomic E-state index is 12.0. The molecule has 0 spiro atoms. The number of rotatable bonds is 10. The fraction of sp³-hybridized carbons (Fsp3) is 0.355. The minimum Gasteiger partial charge on any atom is -0.462 e. The molecule has 3 unspecified atom stereocenters. The number of carbonyl (C=O) groups excluding carboxylic acids is 1. The Balaban J connectivity index is 0.000000510. The van der Waals surface area contributed by atoms with Gasteiger partial charge < -0.3 is 29.4 Å². The van der Waals surface area contributed by atoms with E-state index in [1.54, 1.807) is 42.6 Å². The molecular formula is C31H39N6O6P. The highest BCUT2D eigenvalue weighted by Crippen LogP contribution is 2.42. The molecule has 44 heavy (non-hydrogen) atoms. The van der Waals surface area contributed by atoms with Crippen LogP contribution in [0.25, 0.3) is 5.52 Å². The van der Waals surface area contributed by atoms with E-state index in [1.807, 2.05) is 36.4 Å². The normalized spacial score (nSPS) is 17.9. The van der Waals surface area contributed by atoms with Gasteiger partial charge in [-0.3, -0.25) is 4.79 Å². The molecule has 5 rings (SSSR count). The molecular weight excluding hydrogens is 583 g/mol. The Labute approximate surface area is 258 Å². The highest BCUT2D eigenvalue weighted by Gasteiger charge is 2.45. The topological polar surface area (TPSA) is 166 Å². The number of fused-ring (bicyclic) bond motifs is 1. The number of anilines is 1. The molecule has 12 nitrogen and oxygen atoms in total. The van der Waals surface area contributed by atoms with Gasteiger partial charge >= 0.3 is 14.5 Å². The molecule has 0 aliphatic carbocycles. The van der Waals surface area contributed by atoms with Gasteiger partial charge in [-0.1, -0.05) is 54.1 Å². The average molecular weight is 623 g/mol. The van der Waals surface area contributed by atoms with E-state index in [1.165, 1.54) is 11.9 Å². The van der Waals surface area contributed by atoms with Crippen molar-refractivity contribution in [1.29, 1.82) is 5.26 Å². The summed E-state index contributed by atoms with van der Waals surface area (Å²) in [4.78, 5) is 16.0. The Morgan fingerprint density at radius 1 is 1.18 bits per heavy atom. The number of ether oxygens (including phenoxy) is 2. The third kappa shape index (κ3) is 9.71. The highest BCUT2D eigenvalue weighted by molar-refractivity contribution is 7.45. The smallest absolute Gasteiger partial charge is 0.320 e. The fourth-order valence-electron chi connectivity index (χ4n) is 4.27. The summed E-state index contributed by atoms with van der Waals surface area (Å²) in [6, 6.07) is 25.3. The molecule has 234 valence electrons. The Bertz CT molecular complexity index is 1480. The second-order valence-electron chi connectivity index (χ2n) is 9.86. The summed E-state index contributed by atoms with van der Waals surface area (Å²) in [5, 5.41) is 24.3. The number of para-hydroxylation sites is 1. The first-order valence-electron chi connectivity index (χ1n) is 14.0. The van der Waals surface area contributed by atoms with E-state index in [0.29, 0.717) is 35.6 Å². The zero-order valence-electron chi connectivity index (χ0n) is 25.3. The number of aryl methyl sites for hydroxylation is 1. The maximum Gasteiger partial charge on any atom is 0.320 e. The first-order valence-corrected chi connectivity index (χ1v) is 15.2. The number of nitriles is 1. The van der Waals surface area contributed by atoms with E-state index in [-0.39, 0.29) is 25.4 Å². The molecule has 1 fully saturated rings. The van der Waals surface area contributed by atoms with Gasteiger partial charge in [0.15, 0.2) is 11.4 Å². The molecule has 0 amide bonds. The number of esters is 1. The van der Waals surface area contributed by atoms with Crippen molar-refractivity contribution in [3.05, 3.63) is 90.4 Å². The Morgan fingerprint density at radius 3 is 2.48 bits per heavy atom. The second-order valence-corrected chi connectivity index (χ2v) is 11.1. The van der Waals surface area contributed by atoms with Crippen LogP contribution < -0.4 is 15.3 Å². The van der Waals surface area contributed by atoms with Crippen LogP contribution in [0.2, 0.25) is 0 Å². The van der Waals surface area contributed by atoms with E-state index in [0.717, 1.165) is 7.11 Å². The van der Waals surface area contributed by atoms with Gasteiger partial charge in [0.25, 0.3) is 0 Å². The molecule has 13 heteroatoms. The molecule has 2 aromatic carbocycles. The quantitative estimate of drug-likeness (QED) is 0.166. The Morgan fingerprint density at radius 2 is 1.86 bits per heavy atom. The van der Waals surface area contributed by atoms with E-state index in [4.69, 9.17) is 29.4 Å². The van der Waals surface area contributed by atoms with Crippen molar-refractivity contribution in [2.75, 3.05) is 26.0 Å². The second kappa shape index (κ2) is 17.3. The molecule has 1 saturated heterocycles. The largest absolute Gasteiger partial charge is 0.462 e. The number of nitrogens with zero attached hydrogens (tertiary/aromatic N) is 4. The zero-order valence-corrected chi connectivity index (χ0v) is 26.2. The number of nitrogen functional groups attached to an aromatic ring is 1. The van der Waals surface area contributed by atoms with Crippen molar-refractivity contribution in [1.82, 2.24) is 19.7 Å². The van der Waals surface area contributed by atoms with Crippen molar-refractivity contribution >= 4 is 25.8 Å². The Hall–Kier alpha value is -4.11. The predicted octanol–water partition coefficient (Wildman–Crippen LogP) is 4.68. The maximum atomic E-state index is 12.0. The van der Waals surface area contributed by atoms with Gasteiger partial charge in [0.05, 0.1) is 24.5 Å². The molecule has 3 heterocycles. The first kappa shape index (κ1) is 34.4. The first-order chi connectivity index (χ1) is 21.3. The number of aliphatic hydroxyl groups excluding tert-OH is 1. The van der Waals surface area contributed by atoms with Crippen LogP contribution in [-0.4, -0.2) is 58.1 Å². The van der Waals surface area contributed by atoms with Gasteiger partial charge in [0.1, 0.15) is 30.2 Å². The molecule has 4 aromatic rings. The van der Waals surface area contributed by atoms with Gasteiger partial charge in [-0.25, -0.2) is 14.6 Å². The standard InChI is InChI=1S/C23H27N6O5P.C7H8.CH4O/c1-16(2)32-21(30)12-28-35(34-17-6-4-3-5-7-17)31-13-18-10-11-23(14-24,33-18)20-9-8-19-22(25)26-15-27-29(19)20;1-7-5-3-2-4-6-7;1-2/h3-9,15-16,18,28H,10-13H2,1-2H3,(H2,25,26,27);2-6H,1H3;2H,1H3. The van der Waals surface area contributed by atoms with E-state index < -0.39 is 20.1 Å². The monoisotopic (exact) mass is 622 g/mol. The lowest BCUT2D eigenvalue weighted by Crippen LogP contribution is -2.29. The van der Waals surface area contributed by atoms with Crippen molar-refractivity contribution in [3.8, 4) is 11.8 Å². The average Bonchev–Trinajstić information content (AvgIpc) is 3.67. The number of carbonyl (C=O) groups is 1. The van der Waals surface area contributed by atoms with Crippen molar-refractivity contribution in [3.63, 3.8) is 0 Å². The molecule has 0 saturated carbocycles. The SMILES string of the molecule is CC(C)OC(=O)CNP(OCC1CCC(C#N)(c2ccc3c(N)ncnn23)O1)Oc1ccccc1.CO.Cc1ccccc1. The third-order valence-electron chi connectivity index (χ3n) is 6.23. The summed E-state index contributed by atoms with van der Waals surface area (Å²) < 4.78 is 24.9. The Kier molecular flexibility index (Phi) is 13.5. The highest BCUT2D eigenvalue weighted by atomic mass is 31.2. The number of nitrogens with one attached hydrogen (secondary N) is 1. The van der Waals surface area contributed by atoms with Gasteiger partial charge in [0, 0.05) is 7.11 Å².